The molecule has 2 aromatic heterocycles. The number of hydrogen-bond donors (Lipinski definition) is 3. The zero-order valence-electron chi connectivity index (χ0n) is 8.76. The van der Waals surface area contributed by atoms with E-state index in [4.69, 9.17) is 16.9 Å². The first-order chi connectivity index (χ1) is 8.15. The molecule has 2 heterocycles. The molecule has 0 aliphatic rings. The molecule has 0 saturated heterocycles. The predicted octanol–water partition coefficient (Wildman–Crippen LogP) is 1.52. The van der Waals surface area contributed by atoms with Crippen LogP contribution in [0, 0.1) is 11.3 Å². The number of aliphatic hydroxyl groups excluding tert-OH is 2. The Morgan fingerprint density at radius 3 is 3.00 bits per heavy atom. The molecule has 2 aromatic rings. The fraction of sp³-hybridized carbons (Fsp3) is 0.273. The highest BCUT2D eigenvalue weighted by atomic mass is 35.5. The van der Waals surface area contributed by atoms with Gasteiger partial charge in [0, 0.05) is 23.3 Å². The highest BCUT2D eigenvalue weighted by molar-refractivity contribution is 6.35. The third kappa shape index (κ3) is 2.11. The molecule has 2 unspecified atom stereocenters. The monoisotopic (exact) mass is 251 g/mol. The van der Waals surface area contributed by atoms with Crippen molar-refractivity contribution in [1.29, 1.82) is 5.26 Å². The normalized spacial score (nSPS) is 14.5. The molecule has 2 atom stereocenters. The average Bonchev–Trinajstić information content (AvgIpc) is 2.73. The summed E-state index contributed by atoms with van der Waals surface area (Å²) in [6, 6.07) is 3.41. The molecule has 3 N–H and O–H groups in total. The van der Waals surface area contributed by atoms with Crippen LogP contribution in [-0.4, -0.2) is 26.3 Å². The molecular formula is C11H10ClN3O2. The van der Waals surface area contributed by atoms with Gasteiger partial charge in [0.1, 0.15) is 11.8 Å². The molecule has 0 saturated carbocycles. The molecule has 2 rings (SSSR count). The zero-order valence-corrected chi connectivity index (χ0v) is 9.52. The predicted molar refractivity (Wildman–Crippen MR) is 62.3 cm³/mol. The Morgan fingerprint density at radius 2 is 2.29 bits per heavy atom. The lowest BCUT2D eigenvalue weighted by atomic mass is 10.0. The maximum atomic E-state index is 9.92. The van der Waals surface area contributed by atoms with Crippen LogP contribution in [0.2, 0.25) is 5.02 Å². The van der Waals surface area contributed by atoms with Gasteiger partial charge in [0.05, 0.1) is 23.6 Å². The quantitative estimate of drug-likeness (QED) is 0.771. The number of fused-ring (bicyclic) bond motifs is 1. The number of aliphatic hydroxyl groups is 2. The molecular weight excluding hydrogens is 242 g/mol. The van der Waals surface area contributed by atoms with Gasteiger partial charge in [-0.25, -0.2) is 4.98 Å². The summed E-state index contributed by atoms with van der Waals surface area (Å²) in [5, 5.41) is 29.0. The second-order valence-corrected chi connectivity index (χ2v) is 4.04. The van der Waals surface area contributed by atoms with Crippen molar-refractivity contribution in [2.45, 2.75) is 18.6 Å². The number of halogens is 1. The Kier molecular flexibility index (Phi) is 3.29. The Labute approximate surface area is 102 Å². The first kappa shape index (κ1) is 11.9. The van der Waals surface area contributed by atoms with Gasteiger partial charge in [-0.3, -0.25) is 0 Å². The lowest BCUT2D eigenvalue weighted by molar-refractivity contribution is 0.0225. The second-order valence-electron chi connectivity index (χ2n) is 3.63. The number of aromatic nitrogens is 2. The number of H-pyrrole nitrogens is 1. The molecule has 0 fully saturated rings. The first-order valence-electron chi connectivity index (χ1n) is 4.99. The number of nitrogens with one attached hydrogen (secondary N) is 1. The Morgan fingerprint density at radius 1 is 1.53 bits per heavy atom. The van der Waals surface area contributed by atoms with Crippen LogP contribution in [0.25, 0.3) is 11.0 Å². The van der Waals surface area contributed by atoms with Crippen LogP contribution >= 0.6 is 11.6 Å². The highest BCUT2D eigenvalue weighted by Gasteiger charge is 2.22. The summed E-state index contributed by atoms with van der Waals surface area (Å²) in [5.74, 6) is 0. The van der Waals surface area contributed by atoms with E-state index in [2.05, 4.69) is 9.97 Å². The largest absolute Gasteiger partial charge is 0.389 e. The number of pyridine rings is 1. The van der Waals surface area contributed by atoms with Crippen LogP contribution in [0.15, 0.2) is 18.5 Å². The number of nitrogens with zero attached hydrogens (tertiary/aromatic N) is 2. The third-order valence-corrected chi connectivity index (χ3v) is 2.85. The van der Waals surface area contributed by atoms with Crippen LogP contribution in [-0.2, 0) is 0 Å². The van der Waals surface area contributed by atoms with E-state index < -0.39 is 12.2 Å². The minimum Gasteiger partial charge on any atom is -0.389 e. The van der Waals surface area contributed by atoms with Gasteiger partial charge in [0.15, 0.2) is 0 Å². The van der Waals surface area contributed by atoms with Gasteiger partial charge < -0.3 is 15.2 Å². The van der Waals surface area contributed by atoms with E-state index in [1.54, 1.807) is 18.3 Å². The Bertz CT molecular complexity index is 576. The summed E-state index contributed by atoms with van der Waals surface area (Å²) < 4.78 is 0. The average molecular weight is 252 g/mol. The van der Waals surface area contributed by atoms with Crippen LogP contribution in [0.3, 0.4) is 0 Å². The number of nitriles is 1. The maximum absolute atomic E-state index is 9.92. The van der Waals surface area contributed by atoms with Gasteiger partial charge >= 0.3 is 0 Å². The Hall–Kier alpha value is -1.61. The lowest BCUT2D eigenvalue weighted by Crippen LogP contribution is -2.17. The van der Waals surface area contributed by atoms with Gasteiger partial charge in [-0.1, -0.05) is 11.6 Å². The van der Waals surface area contributed by atoms with Gasteiger partial charge in [-0.2, -0.15) is 5.26 Å². The third-order valence-electron chi connectivity index (χ3n) is 2.54. The van der Waals surface area contributed by atoms with Crippen LogP contribution in [0.5, 0.6) is 0 Å². The summed E-state index contributed by atoms with van der Waals surface area (Å²) >= 11 is 6.01. The molecule has 88 valence electrons. The van der Waals surface area contributed by atoms with Gasteiger partial charge in [0.25, 0.3) is 0 Å². The molecule has 0 spiro atoms. The molecule has 0 radical (unpaired) electrons. The molecule has 0 aliphatic heterocycles. The van der Waals surface area contributed by atoms with Crippen molar-refractivity contribution in [2.24, 2.45) is 0 Å². The molecule has 6 heteroatoms. The van der Waals surface area contributed by atoms with Crippen molar-refractivity contribution in [2.75, 3.05) is 0 Å². The summed E-state index contributed by atoms with van der Waals surface area (Å²) in [5.41, 5.74) is 0.983. The fourth-order valence-electron chi connectivity index (χ4n) is 1.69. The zero-order chi connectivity index (χ0) is 12.4. The molecule has 17 heavy (non-hydrogen) atoms. The van der Waals surface area contributed by atoms with Gasteiger partial charge in [-0.05, 0) is 6.07 Å². The van der Waals surface area contributed by atoms with Crippen molar-refractivity contribution >= 4 is 22.6 Å². The number of aromatic amines is 1. The fourth-order valence-corrected chi connectivity index (χ4v) is 1.94. The van der Waals surface area contributed by atoms with Crippen molar-refractivity contribution in [3.05, 3.63) is 29.0 Å². The standard InChI is InChI=1S/C11H10ClN3O2/c12-7-2-4-14-11-9(7)6(5-15-11)10(17)8(16)1-3-13/h2,4-5,8,10,16-17H,1H2,(H,14,15). The highest BCUT2D eigenvalue weighted by Crippen LogP contribution is 2.31. The second kappa shape index (κ2) is 4.72. The summed E-state index contributed by atoms with van der Waals surface area (Å²) in [7, 11) is 0. The van der Waals surface area contributed by atoms with Crippen LogP contribution in [0.4, 0.5) is 0 Å². The van der Waals surface area contributed by atoms with Crippen molar-refractivity contribution in [3.63, 3.8) is 0 Å². The smallest absolute Gasteiger partial charge is 0.139 e. The van der Waals surface area contributed by atoms with E-state index in [1.165, 1.54) is 6.20 Å². The van der Waals surface area contributed by atoms with E-state index >= 15 is 0 Å². The van der Waals surface area contributed by atoms with Crippen LogP contribution in [0.1, 0.15) is 18.1 Å². The van der Waals surface area contributed by atoms with E-state index in [-0.39, 0.29) is 6.42 Å². The Balaban J connectivity index is 2.46. The SMILES string of the molecule is N#CCC(O)C(O)c1c[nH]c2nccc(Cl)c12. The maximum Gasteiger partial charge on any atom is 0.139 e. The van der Waals surface area contributed by atoms with E-state index in [9.17, 15) is 10.2 Å². The summed E-state index contributed by atoms with van der Waals surface area (Å²) in [6.45, 7) is 0. The van der Waals surface area contributed by atoms with E-state index in [0.717, 1.165) is 0 Å². The molecule has 5 nitrogen and oxygen atoms in total. The minimum atomic E-state index is -1.16. The van der Waals surface area contributed by atoms with Gasteiger partial charge in [0.2, 0.25) is 0 Å². The first-order valence-corrected chi connectivity index (χ1v) is 5.37. The lowest BCUT2D eigenvalue weighted by Gasteiger charge is -2.14. The van der Waals surface area contributed by atoms with Crippen LogP contribution < -0.4 is 0 Å². The summed E-state index contributed by atoms with van der Waals surface area (Å²) in [4.78, 5) is 6.91. The number of hydrogen-bond acceptors (Lipinski definition) is 4. The molecule has 0 aromatic carbocycles. The van der Waals surface area contributed by atoms with E-state index in [1.807, 2.05) is 0 Å². The topological polar surface area (TPSA) is 92.9 Å². The van der Waals surface area contributed by atoms with Gasteiger partial charge in [-0.15, -0.1) is 0 Å². The van der Waals surface area contributed by atoms with Crippen molar-refractivity contribution in [3.8, 4) is 6.07 Å². The van der Waals surface area contributed by atoms with Crippen molar-refractivity contribution in [1.82, 2.24) is 9.97 Å². The van der Waals surface area contributed by atoms with E-state index in [0.29, 0.717) is 21.6 Å². The van der Waals surface area contributed by atoms with Crippen molar-refractivity contribution < 1.29 is 10.2 Å². The molecule has 0 bridgehead atoms. The summed E-state index contributed by atoms with van der Waals surface area (Å²) in [6.07, 6.45) is 0.629. The minimum absolute atomic E-state index is 0.147. The molecule has 0 amide bonds. The molecule has 0 aliphatic carbocycles. The number of rotatable bonds is 3.